The highest BCUT2D eigenvalue weighted by molar-refractivity contribution is 6.18. The maximum atomic E-state index is 5.80. The summed E-state index contributed by atoms with van der Waals surface area (Å²) in [6, 6.07) is 3.99. The van der Waals surface area contributed by atoms with Gasteiger partial charge in [0.2, 0.25) is 5.88 Å². The summed E-state index contributed by atoms with van der Waals surface area (Å²) in [6.07, 6.45) is 1.70. The Hall–Kier alpha value is -0.840. The Labute approximate surface area is 101 Å². The number of alkyl halides is 1. The van der Waals surface area contributed by atoms with Crippen molar-refractivity contribution < 1.29 is 9.47 Å². The normalized spacial score (nSPS) is 12.4. The highest BCUT2D eigenvalue weighted by Crippen LogP contribution is 2.13. The van der Waals surface area contributed by atoms with E-state index in [1.807, 2.05) is 12.1 Å². The van der Waals surface area contributed by atoms with Crippen molar-refractivity contribution in [3.63, 3.8) is 0 Å². The lowest BCUT2D eigenvalue weighted by molar-refractivity contribution is 0.172. The molecule has 0 saturated heterocycles. The van der Waals surface area contributed by atoms with E-state index < -0.39 is 0 Å². The summed E-state index contributed by atoms with van der Waals surface area (Å²) in [5.74, 6) is 1.15. The second kappa shape index (κ2) is 7.44. The van der Waals surface area contributed by atoms with Gasteiger partial charge in [-0.3, -0.25) is 0 Å². The molecule has 0 aromatic carbocycles. The molecule has 1 aromatic heterocycles. The maximum absolute atomic E-state index is 5.80. The van der Waals surface area contributed by atoms with Crippen molar-refractivity contribution in [1.29, 1.82) is 0 Å². The van der Waals surface area contributed by atoms with Crippen LogP contribution in [0.15, 0.2) is 18.3 Å². The lowest BCUT2D eigenvalue weighted by atomic mass is 10.2. The van der Waals surface area contributed by atoms with E-state index in [2.05, 4.69) is 10.3 Å². The Balaban J connectivity index is 2.52. The highest BCUT2D eigenvalue weighted by Gasteiger charge is 2.08. The first-order chi connectivity index (χ1) is 7.81. The van der Waals surface area contributed by atoms with Gasteiger partial charge in [-0.25, -0.2) is 4.98 Å². The minimum atomic E-state index is 0.136. The van der Waals surface area contributed by atoms with Crippen LogP contribution in [0.4, 0.5) is 0 Å². The summed E-state index contributed by atoms with van der Waals surface area (Å²) >= 11 is 5.80. The van der Waals surface area contributed by atoms with Crippen molar-refractivity contribution in [1.82, 2.24) is 10.3 Å². The molecule has 4 nitrogen and oxygen atoms in total. The smallest absolute Gasteiger partial charge is 0.217 e. The first kappa shape index (κ1) is 13.2. The predicted octanol–water partition coefficient (Wildman–Crippen LogP) is 1.43. The largest absolute Gasteiger partial charge is 0.481 e. The molecule has 90 valence electrons. The molecule has 16 heavy (non-hydrogen) atoms. The summed E-state index contributed by atoms with van der Waals surface area (Å²) in [5, 5.41) is 3.28. The Kier molecular flexibility index (Phi) is 6.15. The van der Waals surface area contributed by atoms with Crippen molar-refractivity contribution in [2.45, 2.75) is 12.6 Å². The molecule has 0 spiro atoms. The molecular weight excluding hydrogens is 228 g/mol. The highest BCUT2D eigenvalue weighted by atomic mass is 35.5. The van der Waals surface area contributed by atoms with Crippen molar-refractivity contribution in [3.8, 4) is 5.88 Å². The van der Waals surface area contributed by atoms with Gasteiger partial charge in [0.25, 0.3) is 0 Å². The number of aromatic nitrogens is 1. The van der Waals surface area contributed by atoms with Crippen LogP contribution in [0, 0.1) is 0 Å². The second-order valence-corrected chi connectivity index (χ2v) is 3.67. The molecule has 0 radical (unpaired) electrons. The van der Waals surface area contributed by atoms with Crippen LogP contribution in [0.25, 0.3) is 0 Å². The van der Waals surface area contributed by atoms with Crippen molar-refractivity contribution in [3.05, 3.63) is 23.9 Å². The fourth-order valence-electron chi connectivity index (χ4n) is 1.36. The molecule has 0 fully saturated rings. The number of hydrogen-bond donors (Lipinski definition) is 1. The van der Waals surface area contributed by atoms with Gasteiger partial charge in [0, 0.05) is 37.3 Å². The van der Waals surface area contributed by atoms with Crippen molar-refractivity contribution in [2.24, 2.45) is 0 Å². The number of hydrogen-bond acceptors (Lipinski definition) is 4. The van der Waals surface area contributed by atoms with Crippen molar-refractivity contribution in [2.75, 3.05) is 26.7 Å². The molecule has 0 saturated carbocycles. The zero-order chi connectivity index (χ0) is 11.8. The minimum Gasteiger partial charge on any atom is -0.481 e. The average Bonchev–Trinajstić information content (AvgIpc) is 2.34. The molecule has 1 N–H and O–H groups in total. The lowest BCUT2D eigenvalue weighted by Gasteiger charge is -2.15. The van der Waals surface area contributed by atoms with Crippen LogP contribution in [-0.2, 0) is 11.3 Å². The number of nitrogens with zero attached hydrogens (tertiary/aromatic N) is 1. The number of methoxy groups -OCH3 is 2. The Morgan fingerprint density at radius 2 is 2.31 bits per heavy atom. The van der Waals surface area contributed by atoms with Gasteiger partial charge in [-0.05, 0) is 6.07 Å². The monoisotopic (exact) mass is 244 g/mol. The SMILES string of the molecule is COCC(CCl)NCc1cccnc1OC. The van der Waals surface area contributed by atoms with Crippen molar-refractivity contribution >= 4 is 11.6 Å². The number of pyridine rings is 1. The quantitative estimate of drug-likeness (QED) is 0.737. The molecular formula is C11H17ClN2O2. The Morgan fingerprint density at radius 3 is 2.94 bits per heavy atom. The van der Waals surface area contributed by atoms with Crippen LogP contribution >= 0.6 is 11.6 Å². The molecule has 1 atom stereocenters. The standard InChI is InChI=1S/C11H17ClN2O2/c1-15-8-10(6-12)14-7-9-4-3-5-13-11(9)16-2/h3-5,10,14H,6-8H2,1-2H3. The van der Waals surface area contributed by atoms with Crippen LogP contribution in [0.3, 0.4) is 0 Å². The lowest BCUT2D eigenvalue weighted by Crippen LogP contribution is -2.34. The number of rotatable bonds is 7. The van der Waals surface area contributed by atoms with E-state index in [4.69, 9.17) is 21.1 Å². The van der Waals surface area contributed by atoms with Crippen LogP contribution < -0.4 is 10.1 Å². The topological polar surface area (TPSA) is 43.4 Å². The van der Waals surface area contributed by atoms with Gasteiger partial charge in [0.1, 0.15) is 0 Å². The van der Waals surface area contributed by atoms with Gasteiger partial charge in [0.15, 0.2) is 0 Å². The predicted molar refractivity (Wildman–Crippen MR) is 64.0 cm³/mol. The van der Waals surface area contributed by atoms with Gasteiger partial charge >= 0.3 is 0 Å². The fraction of sp³-hybridized carbons (Fsp3) is 0.545. The third kappa shape index (κ3) is 3.96. The molecule has 1 unspecified atom stereocenters. The van der Waals surface area contributed by atoms with E-state index >= 15 is 0 Å². The molecule has 0 aliphatic rings. The first-order valence-corrected chi connectivity index (χ1v) is 5.61. The van der Waals surface area contributed by atoms with Crippen LogP contribution in [0.2, 0.25) is 0 Å². The van der Waals surface area contributed by atoms with E-state index in [1.54, 1.807) is 20.4 Å². The second-order valence-electron chi connectivity index (χ2n) is 3.36. The van der Waals surface area contributed by atoms with Gasteiger partial charge in [-0.15, -0.1) is 11.6 Å². The number of halogens is 1. The minimum absolute atomic E-state index is 0.136. The molecule has 0 amide bonds. The van der Waals surface area contributed by atoms with E-state index in [-0.39, 0.29) is 6.04 Å². The third-order valence-corrected chi connectivity index (χ3v) is 2.55. The van der Waals surface area contributed by atoms with Gasteiger partial charge in [-0.2, -0.15) is 0 Å². The van der Waals surface area contributed by atoms with Crippen LogP contribution in [0.1, 0.15) is 5.56 Å². The summed E-state index contributed by atoms with van der Waals surface area (Å²) in [4.78, 5) is 4.12. The summed E-state index contributed by atoms with van der Waals surface area (Å²) in [7, 11) is 3.27. The zero-order valence-corrected chi connectivity index (χ0v) is 10.3. The Bertz CT molecular complexity index is 310. The number of ether oxygens (including phenoxy) is 2. The fourth-order valence-corrected chi connectivity index (χ4v) is 1.55. The first-order valence-electron chi connectivity index (χ1n) is 5.08. The number of nitrogens with one attached hydrogen (secondary N) is 1. The summed E-state index contributed by atoms with van der Waals surface area (Å²) < 4.78 is 10.2. The maximum Gasteiger partial charge on any atom is 0.217 e. The third-order valence-electron chi connectivity index (χ3n) is 2.18. The molecule has 0 aliphatic carbocycles. The molecule has 0 bridgehead atoms. The zero-order valence-electron chi connectivity index (χ0n) is 9.57. The summed E-state index contributed by atoms with van der Waals surface area (Å²) in [6.45, 7) is 1.25. The molecule has 1 aromatic rings. The van der Waals surface area contributed by atoms with E-state index in [0.717, 1.165) is 5.56 Å². The average molecular weight is 245 g/mol. The molecule has 5 heteroatoms. The van der Waals surface area contributed by atoms with Crippen LogP contribution in [-0.4, -0.2) is 37.7 Å². The summed E-state index contributed by atoms with van der Waals surface area (Å²) in [5.41, 5.74) is 1.01. The van der Waals surface area contributed by atoms with Gasteiger partial charge in [0.05, 0.1) is 13.7 Å². The Morgan fingerprint density at radius 1 is 1.50 bits per heavy atom. The van der Waals surface area contributed by atoms with E-state index in [9.17, 15) is 0 Å². The molecule has 1 rings (SSSR count). The van der Waals surface area contributed by atoms with E-state index in [0.29, 0.717) is 24.9 Å². The molecule has 0 aliphatic heterocycles. The van der Waals surface area contributed by atoms with Crippen LogP contribution in [0.5, 0.6) is 5.88 Å². The van der Waals surface area contributed by atoms with Gasteiger partial charge < -0.3 is 14.8 Å². The molecule has 1 heterocycles. The van der Waals surface area contributed by atoms with Gasteiger partial charge in [-0.1, -0.05) is 6.07 Å². The van der Waals surface area contributed by atoms with E-state index in [1.165, 1.54) is 0 Å².